The van der Waals surface area contributed by atoms with Crippen LogP contribution < -0.4 is 0 Å². The fourth-order valence-electron chi connectivity index (χ4n) is 2.14. The molecule has 22 heavy (non-hydrogen) atoms. The van der Waals surface area contributed by atoms with Gasteiger partial charge in [0.15, 0.2) is 4.77 Å². The lowest BCUT2D eigenvalue weighted by atomic mass is 10.1. The summed E-state index contributed by atoms with van der Waals surface area (Å²) in [5, 5.41) is 10.9. The van der Waals surface area contributed by atoms with Crippen LogP contribution in [0.1, 0.15) is 0 Å². The van der Waals surface area contributed by atoms with E-state index in [0.29, 0.717) is 27.0 Å². The Morgan fingerprint density at radius 3 is 2.50 bits per heavy atom. The van der Waals surface area contributed by atoms with Gasteiger partial charge in [-0.05, 0) is 30.4 Å². The van der Waals surface area contributed by atoms with Gasteiger partial charge in [0.05, 0.1) is 16.4 Å². The number of aromatic amines is 1. The number of aromatic hydroxyl groups is 1. The van der Waals surface area contributed by atoms with E-state index in [2.05, 4.69) is 9.97 Å². The summed E-state index contributed by atoms with van der Waals surface area (Å²) in [6, 6.07) is 14.2. The van der Waals surface area contributed by atoms with E-state index in [1.54, 1.807) is 12.1 Å². The smallest absolute Gasteiger partial charge is 0.197 e. The predicted octanol–water partition coefficient (Wildman–Crippen LogP) is 5.49. The second kappa shape index (κ2) is 6.08. The summed E-state index contributed by atoms with van der Waals surface area (Å²) in [6.07, 6.45) is 0. The van der Waals surface area contributed by atoms with Gasteiger partial charge in [0.25, 0.3) is 0 Å². The molecular weight excluding hydrogens is 339 g/mol. The van der Waals surface area contributed by atoms with Gasteiger partial charge >= 0.3 is 0 Å². The molecule has 6 heteroatoms. The number of rotatable bonds is 2. The van der Waals surface area contributed by atoms with E-state index in [1.165, 1.54) is 6.07 Å². The molecule has 0 spiro atoms. The van der Waals surface area contributed by atoms with E-state index in [9.17, 15) is 5.11 Å². The largest absolute Gasteiger partial charge is 0.507 e. The summed E-state index contributed by atoms with van der Waals surface area (Å²) < 4.78 is 0.276. The van der Waals surface area contributed by atoms with Crippen LogP contribution in [0.4, 0.5) is 0 Å². The molecular formula is C16H10Cl2N2OS. The van der Waals surface area contributed by atoms with E-state index in [-0.39, 0.29) is 10.5 Å². The van der Waals surface area contributed by atoms with E-state index in [1.807, 2.05) is 30.3 Å². The highest BCUT2D eigenvalue weighted by atomic mass is 35.5. The predicted molar refractivity (Wildman–Crippen MR) is 92.0 cm³/mol. The molecule has 0 saturated carbocycles. The van der Waals surface area contributed by atoms with E-state index in [4.69, 9.17) is 35.4 Å². The fraction of sp³-hybridized carbons (Fsp3) is 0. The standard InChI is InChI=1S/C16H10Cl2N2OS/c17-10-6-7-12(21)11(8-10)15-13(18)14(19-16(22)20-15)9-4-2-1-3-5-9/h1-8,21H,(H,19,20,22). The van der Waals surface area contributed by atoms with Gasteiger partial charge in [-0.1, -0.05) is 53.5 Å². The monoisotopic (exact) mass is 348 g/mol. The number of hydrogen-bond donors (Lipinski definition) is 2. The van der Waals surface area contributed by atoms with E-state index >= 15 is 0 Å². The van der Waals surface area contributed by atoms with Crippen LogP contribution in [0.25, 0.3) is 22.5 Å². The minimum Gasteiger partial charge on any atom is -0.507 e. The molecule has 3 aromatic rings. The van der Waals surface area contributed by atoms with Gasteiger partial charge < -0.3 is 10.1 Å². The molecule has 0 saturated heterocycles. The second-order valence-electron chi connectivity index (χ2n) is 4.61. The van der Waals surface area contributed by atoms with Crippen molar-refractivity contribution in [2.75, 3.05) is 0 Å². The number of phenolic OH excluding ortho intramolecular Hbond substituents is 1. The molecule has 1 aromatic heterocycles. The average Bonchev–Trinajstić information content (AvgIpc) is 2.52. The first-order chi connectivity index (χ1) is 10.6. The molecule has 2 aromatic carbocycles. The summed E-state index contributed by atoms with van der Waals surface area (Å²) in [7, 11) is 0. The van der Waals surface area contributed by atoms with Gasteiger partial charge in [0.2, 0.25) is 0 Å². The van der Waals surface area contributed by atoms with Crippen molar-refractivity contribution in [1.82, 2.24) is 9.97 Å². The third-order valence-corrected chi connectivity index (χ3v) is 3.94. The SMILES string of the molecule is Oc1ccc(Cl)cc1-c1[nH]c(=S)nc(-c2ccccc2)c1Cl. The average molecular weight is 349 g/mol. The van der Waals surface area contributed by atoms with Crippen LogP contribution in [-0.2, 0) is 0 Å². The molecule has 0 aliphatic carbocycles. The number of phenols is 1. The maximum atomic E-state index is 10.1. The molecule has 0 aliphatic rings. The van der Waals surface area contributed by atoms with Crippen molar-refractivity contribution in [3.63, 3.8) is 0 Å². The Morgan fingerprint density at radius 2 is 1.77 bits per heavy atom. The van der Waals surface area contributed by atoms with Crippen LogP contribution in [0.3, 0.4) is 0 Å². The number of benzene rings is 2. The van der Waals surface area contributed by atoms with Gasteiger partial charge in [-0.3, -0.25) is 0 Å². The molecule has 0 radical (unpaired) electrons. The number of H-pyrrole nitrogens is 1. The second-order valence-corrected chi connectivity index (χ2v) is 5.81. The van der Waals surface area contributed by atoms with Crippen LogP contribution in [0.5, 0.6) is 5.75 Å². The molecule has 1 heterocycles. The molecule has 0 atom stereocenters. The molecule has 0 aliphatic heterocycles. The maximum Gasteiger partial charge on any atom is 0.197 e. The zero-order valence-electron chi connectivity index (χ0n) is 11.2. The van der Waals surface area contributed by atoms with Crippen molar-refractivity contribution in [2.24, 2.45) is 0 Å². The minimum absolute atomic E-state index is 0.0576. The van der Waals surface area contributed by atoms with Crippen LogP contribution in [-0.4, -0.2) is 15.1 Å². The van der Waals surface area contributed by atoms with Crippen molar-refractivity contribution < 1.29 is 5.11 Å². The Hall–Kier alpha value is -1.88. The summed E-state index contributed by atoms with van der Waals surface area (Å²) >= 11 is 17.7. The Kier molecular flexibility index (Phi) is 4.16. The van der Waals surface area contributed by atoms with Crippen molar-refractivity contribution in [2.45, 2.75) is 0 Å². The van der Waals surface area contributed by atoms with Crippen molar-refractivity contribution in [3.8, 4) is 28.3 Å². The zero-order chi connectivity index (χ0) is 15.7. The lowest BCUT2D eigenvalue weighted by Crippen LogP contribution is -1.94. The molecule has 3 rings (SSSR count). The van der Waals surface area contributed by atoms with Crippen LogP contribution in [0.15, 0.2) is 48.5 Å². The van der Waals surface area contributed by atoms with Gasteiger partial charge in [-0.2, -0.15) is 0 Å². The molecule has 0 unspecified atom stereocenters. The molecule has 3 nitrogen and oxygen atoms in total. The van der Waals surface area contributed by atoms with Crippen LogP contribution in [0, 0.1) is 4.77 Å². The molecule has 0 bridgehead atoms. The topological polar surface area (TPSA) is 48.9 Å². The van der Waals surface area contributed by atoms with Crippen LogP contribution >= 0.6 is 35.4 Å². The highest BCUT2D eigenvalue weighted by Gasteiger charge is 2.15. The van der Waals surface area contributed by atoms with Crippen molar-refractivity contribution in [1.29, 1.82) is 0 Å². The van der Waals surface area contributed by atoms with E-state index in [0.717, 1.165) is 5.56 Å². The van der Waals surface area contributed by atoms with Gasteiger partial charge in [-0.25, -0.2) is 4.98 Å². The number of halogens is 2. The van der Waals surface area contributed by atoms with Crippen LogP contribution in [0.2, 0.25) is 10.0 Å². The van der Waals surface area contributed by atoms with Gasteiger partial charge in [-0.15, -0.1) is 0 Å². The summed E-state index contributed by atoms with van der Waals surface area (Å²) in [6.45, 7) is 0. The van der Waals surface area contributed by atoms with E-state index < -0.39 is 0 Å². The first-order valence-electron chi connectivity index (χ1n) is 6.40. The summed E-state index contributed by atoms with van der Waals surface area (Å²) in [5.74, 6) is 0.0576. The fourth-order valence-corrected chi connectivity index (χ4v) is 2.81. The molecule has 0 fully saturated rings. The number of nitrogens with one attached hydrogen (secondary N) is 1. The molecule has 0 amide bonds. The highest BCUT2D eigenvalue weighted by Crippen LogP contribution is 2.38. The van der Waals surface area contributed by atoms with Gasteiger partial charge in [0.1, 0.15) is 5.75 Å². The summed E-state index contributed by atoms with van der Waals surface area (Å²) in [5.41, 5.74) is 2.36. The number of aromatic nitrogens is 2. The number of nitrogens with zero attached hydrogens (tertiary/aromatic N) is 1. The quantitative estimate of drug-likeness (QED) is 0.602. The Balaban J connectivity index is 2.28. The van der Waals surface area contributed by atoms with Crippen molar-refractivity contribution in [3.05, 3.63) is 63.3 Å². The third kappa shape index (κ3) is 2.86. The Bertz CT molecular complexity index is 894. The normalized spacial score (nSPS) is 10.6. The molecule has 2 N–H and O–H groups in total. The zero-order valence-corrected chi connectivity index (χ0v) is 13.5. The maximum absolute atomic E-state index is 10.1. The first kappa shape index (κ1) is 15.0. The third-order valence-electron chi connectivity index (χ3n) is 3.15. The highest BCUT2D eigenvalue weighted by molar-refractivity contribution is 7.71. The number of hydrogen-bond acceptors (Lipinski definition) is 3. The lowest BCUT2D eigenvalue weighted by Gasteiger charge is -2.11. The molecule has 110 valence electrons. The lowest BCUT2D eigenvalue weighted by molar-refractivity contribution is 0.477. The Morgan fingerprint density at radius 1 is 1.05 bits per heavy atom. The minimum atomic E-state index is 0.0576. The summed E-state index contributed by atoms with van der Waals surface area (Å²) in [4.78, 5) is 7.22. The van der Waals surface area contributed by atoms with Gasteiger partial charge in [0, 0.05) is 16.1 Å². The Labute approximate surface area is 142 Å². The van der Waals surface area contributed by atoms with Crippen molar-refractivity contribution >= 4 is 35.4 Å². The first-order valence-corrected chi connectivity index (χ1v) is 7.57.